The van der Waals surface area contributed by atoms with Crippen LogP contribution in [0.15, 0.2) is 59.6 Å². The second kappa shape index (κ2) is 11.5. The number of carbonyl (C=O) groups is 2. The van der Waals surface area contributed by atoms with E-state index in [1.807, 2.05) is 6.07 Å². The molecule has 10 heteroatoms. The first kappa shape index (κ1) is 26.9. The molecular formula is C27H30ClN3O5S. The lowest BCUT2D eigenvalue weighted by Gasteiger charge is -2.21. The molecule has 1 aromatic heterocycles. The molecule has 8 nitrogen and oxygen atoms in total. The first-order valence-corrected chi connectivity index (χ1v) is 14.4. The number of aromatic nitrogens is 2. The molecule has 1 atom stereocenters. The molecule has 1 saturated carbocycles. The minimum absolute atomic E-state index is 0.0490. The van der Waals surface area contributed by atoms with Gasteiger partial charge in [0.15, 0.2) is 15.7 Å². The third-order valence-electron chi connectivity index (χ3n) is 6.70. The van der Waals surface area contributed by atoms with Gasteiger partial charge in [-0.05, 0) is 47.7 Å². The topological polar surface area (TPSA) is 107 Å². The molecule has 1 aliphatic carbocycles. The molecule has 0 aliphatic heterocycles. The van der Waals surface area contributed by atoms with Crippen LogP contribution in [0, 0.1) is 5.92 Å². The Kier molecular flexibility index (Phi) is 8.34. The van der Waals surface area contributed by atoms with E-state index in [2.05, 4.69) is 10.4 Å². The van der Waals surface area contributed by atoms with E-state index in [1.165, 1.54) is 13.2 Å². The van der Waals surface area contributed by atoms with E-state index in [-0.39, 0.29) is 15.8 Å². The number of hydrogen-bond acceptors (Lipinski definition) is 6. The summed E-state index contributed by atoms with van der Waals surface area (Å²) in [4.78, 5) is 25.3. The average Bonchev–Trinajstić information content (AvgIpc) is 3.53. The average molecular weight is 544 g/mol. The van der Waals surface area contributed by atoms with Crippen molar-refractivity contribution < 1.29 is 22.7 Å². The van der Waals surface area contributed by atoms with Gasteiger partial charge in [0.2, 0.25) is 5.91 Å². The fourth-order valence-electron chi connectivity index (χ4n) is 4.84. The van der Waals surface area contributed by atoms with Crippen LogP contribution in [0.5, 0.6) is 0 Å². The van der Waals surface area contributed by atoms with Crippen LogP contribution in [-0.2, 0) is 25.9 Å². The SMILES string of the molecule is COC(=O)c1cccc(Cn2ccc(NC(=O)[C@H](CC3CCCC3)c3ccc(S(C)(=O)=O)c(Cl)c3)n2)c1. The lowest BCUT2D eigenvalue weighted by atomic mass is 9.87. The molecule has 0 unspecified atom stereocenters. The lowest BCUT2D eigenvalue weighted by molar-refractivity contribution is -0.118. The Bertz CT molecular complexity index is 1400. The zero-order chi connectivity index (χ0) is 26.6. The number of nitrogens with one attached hydrogen (secondary N) is 1. The summed E-state index contributed by atoms with van der Waals surface area (Å²) in [6, 6.07) is 13.5. The fourth-order valence-corrected chi connectivity index (χ4v) is 6.18. The van der Waals surface area contributed by atoms with E-state index in [4.69, 9.17) is 16.3 Å². The van der Waals surface area contributed by atoms with Crippen LogP contribution in [0.4, 0.5) is 5.82 Å². The van der Waals surface area contributed by atoms with E-state index in [0.29, 0.717) is 35.8 Å². The number of benzene rings is 2. The van der Waals surface area contributed by atoms with Gasteiger partial charge in [-0.2, -0.15) is 5.10 Å². The van der Waals surface area contributed by atoms with Gasteiger partial charge in [0.1, 0.15) is 0 Å². The Morgan fingerprint density at radius 3 is 2.59 bits per heavy atom. The van der Waals surface area contributed by atoms with Crippen molar-refractivity contribution in [1.82, 2.24) is 9.78 Å². The quantitative estimate of drug-likeness (QED) is 0.377. The predicted molar refractivity (Wildman–Crippen MR) is 142 cm³/mol. The maximum atomic E-state index is 13.4. The number of sulfone groups is 1. The van der Waals surface area contributed by atoms with Crippen LogP contribution >= 0.6 is 11.6 Å². The van der Waals surface area contributed by atoms with Gasteiger partial charge in [0.05, 0.1) is 35.1 Å². The van der Waals surface area contributed by atoms with E-state index in [9.17, 15) is 18.0 Å². The highest BCUT2D eigenvalue weighted by molar-refractivity contribution is 7.90. The first-order chi connectivity index (χ1) is 17.6. The maximum Gasteiger partial charge on any atom is 0.337 e. The molecule has 3 aromatic rings. The molecule has 1 N–H and O–H groups in total. The Labute approximate surface area is 221 Å². The summed E-state index contributed by atoms with van der Waals surface area (Å²) < 4.78 is 30.4. The molecule has 196 valence electrons. The van der Waals surface area contributed by atoms with E-state index in [1.54, 1.807) is 47.3 Å². The molecule has 1 fully saturated rings. The van der Waals surface area contributed by atoms with Crippen LogP contribution in [0.3, 0.4) is 0 Å². The van der Waals surface area contributed by atoms with Gasteiger partial charge in [-0.3, -0.25) is 9.48 Å². The van der Waals surface area contributed by atoms with Crippen molar-refractivity contribution in [3.63, 3.8) is 0 Å². The number of esters is 1. The van der Waals surface area contributed by atoms with Gasteiger partial charge in [-0.25, -0.2) is 13.2 Å². The van der Waals surface area contributed by atoms with Gasteiger partial charge in [0, 0.05) is 18.5 Å². The number of amides is 1. The van der Waals surface area contributed by atoms with Crippen molar-refractivity contribution >= 4 is 39.1 Å². The Morgan fingerprint density at radius 2 is 1.92 bits per heavy atom. The number of halogens is 1. The van der Waals surface area contributed by atoms with Crippen molar-refractivity contribution in [3.8, 4) is 0 Å². The molecule has 0 spiro atoms. The van der Waals surface area contributed by atoms with Crippen LogP contribution in [-0.4, -0.2) is 43.4 Å². The number of carbonyl (C=O) groups excluding carboxylic acids is 2. The number of ether oxygens (including phenoxy) is 1. The zero-order valence-corrected chi connectivity index (χ0v) is 22.4. The molecule has 1 aliphatic rings. The van der Waals surface area contributed by atoms with Crippen molar-refractivity contribution in [1.29, 1.82) is 0 Å². The molecule has 0 bridgehead atoms. The van der Waals surface area contributed by atoms with Crippen LogP contribution in [0.25, 0.3) is 0 Å². The molecule has 0 saturated heterocycles. The standard InChI is InChI=1S/C27H30ClN3O5S/c1-36-27(33)21-9-5-8-19(14-21)17-31-13-12-25(30-31)29-26(32)22(15-18-6-3-4-7-18)20-10-11-24(23(28)16-20)37(2,34)35/h5,8-14,16,18,22H,3-4,6-7,15,17H2,1-2H3,(H,29,30,32)/t22-/m1/s1. The Balaban J connectivity index is 1.51. The minimum atomic E-state index is -3.47. The highest BCUT2D eigenvalue weighted by Gasteiger charge is 2.28. The molecule has 1 amide bonds. The maximum absolute atomic E-state index is 13.4. The van der Waals surface area contributed by atoms with Gasteiger partial charge < -0.3 is 10.1 Å². The normalized spacial score (nSPS) is 14.9. The van der Waals surface area contributed by atoms with Gasteiger partial charge in [-0.1, -0.05) is 55.5 Å². The molecule has 37 heavy (non-hydrogen) atoms. The Morgan fingerprint density at radius 1 is 1.16 bits per heavy atom. The van der Waals surface area contributed by atoms with E-state index < -0.39 is 21.7 Å². The largest absolute Gasteiger partial charge is 0.465 e. The molecular weight excluding hydrogens is 514 g/mol. The van der Waals surface area contributed by atoms with E-state index >= 15 is 0 Å². The number of anilines is 1. The summed E-state index contributed by atoms with van der Waals surface area (Å²) in [6.07, 6.45) is 7.95. The number of hydrogen-bond donors (Lipinski definition) is 1. The summed E-state index contributed by atoms with van der Waals surface area (Å²) >= 11 is 6.30. The Hall–Kier alpha value is -3.17. The second-order valence-corrected chi connectivity index (χ2v) is 11.9. The van der Waals surface area contributed by atoms with E-state index in [0.717, 1.165) is 37.5 Å². The van der Waals surface area contributed by atoms with Crippen LogP contribution in [0.1, 0.15) is 59.5 Å². The van der Waals surface area contributed by atoms with Gasteiger partial charge in [0.25, 0.3) is 0 Å². The van der Waals surface area contributed by atoms with Crippen molar-refractivity contribution in [2.24, 2.45) is 5.92 Å². The summed E-state index contributed by atoms with van der Waals surface area (Å²) in [7, 11) is -2.13. The zero-order valence-electron chi connectivity index (χ0n) is 20.8. The highest BCUT2D eigenvalue weighted by atomic mass is 35.5. The number of methoxy groups -OCH3 is 1. The van der Waals surface area contributed by atoms with Gasteiger partial charge >= 0.3 is 5.97 Å². The third kappa shape index (κ3) is 6.78. The second-order valence-electron chi connectivity index (χ2n) is 9.48. The number of nitrogens with zero attached hydrogens (tertiary/aromatic N) is 2. The summed E-state index contributed by atoms with van der Waals surface area (Å²) in [6.45, 7) is 0.411. The predicted octanol–water partition coefficient (Wildman–Crippen LogP) is 5.08. The van der Waals surface area contributed by atoms with Crippen molar-refractivity contribution in [2.45, 2.75) is 49.5 Å². The summed E-state index contributed by atoms with van der Waals surface area (Å²) in [5.74, 6) is -0.287. The fraction of sp³-hybridized carbons (Fsp3) is 0.370. The summed E-state index contributed by atoms with van der Waals surface area (Å²) in [5, 5.41) is 7.51. The molecule has 2 aromatic carbocycles. The van der Waals surface area contributed by atoms with Crippen molar-refractivity contribution in [2.75, 3.05) is 18.7 Å². The highest BCUT2D eigenvalue weighted by Crippen LogP contribution is 2.36. The smallest absolute Gasteiger partial charge is 0.337 e. The molecule has 1 heterocycles. The minimum Gasteiger partial charge on any atom is -0.465 e. The monoisotopic (exact) mass is 543 g/mol. The first-order valence-electron chi connectivity index (χ1n) is 12.1. The summed E-state index contributed by atoms with van der Waals surface area (Å²) in [5.41, 5.74) is 2.00. The lowest BCUT2D eigenvalue weighted by Crippen LogP contribution is -2.23. The molecule has 4 rings (SSSR count). The van der Waals surface area contributed by atoms with Crippen LogP contribution < -0.4 is 5.32 Å². The van der Waals surface area contributed by atoms with Crippen LogP contribution in [0.2, 0.25) is 5.02 Å². The van der Waals surface area contributed by atoms with Gasteiger partial charge in [-0.15, -0.1) is 0 Å². The molecule has 0 radical (unpaired) electrons. The number of rotatable bonds is 9. The third-order valence-corrected chi connectivity index (χ3v) is 8.28. The van der Waals surface area contributed by atoms with Crippen molar-refractivity contribution in [3.05, 3.63) is 76.4 Å².